The highest BCUT2D eigenvalue weighted by Crippen LogP contribution is 2.18. The Labute approximate surface area is 91.1 Å². The van der Waals surface area contributed by atoms with Gasteiger partial charge in [-0.05, 0) is 39.8 Å². The van der Waals surface area contributed by atoms with Crippen molar-refractivity contribution < 1.29 is 0 Å². The quantitative estimate of drug-likeness (QED) is 0.821. The topological polar surface area (TPSA) is 47.1 Å². The van der Waals surface area contributed by atoms with E-state index < -0.39 is 0 Å². The predicted molar refractivity (Wildman–Crippen MR) is 61.5 cm³/mol. The summed E-state index contributed by atoms with van der Waals surface area (Å²) in [5.74, 6) is 1.88. The molecule has 0 radical (unpaired) electrons. The summed E-state index contributed by atoms with van der Waals surface area (Å²) < 4.78 is 2.12. The molecule has 0 unspecified atom stereocenters. The first-order valence-electron chi connectivity index (χ1n) is 5.72. The van der Waals surface area contributed by atoms with Gasteiger partial charge in [-0.25, -0.2) is 4.98 Å². The number of hydrogen-bond donors (Lipinski definition) is 1. The van der Waals surface area contributed by atoms with Gasteiger partial charge in [0.1, 0.15) is 11.6 Å². The van der Waals surface area contributed by atoms with Gasteiger partial charge in [-0.1, -0.05) is 0 Å². The van der Waals surface area contributed by atoms with Crippen LogP contribution in [0.15, 0.2) is 6.20 Å². The Balaban J connectivity index is 2.13. The van der Waals surface area contributed by atoms with E-state index in [1.54, 1.807) is 6.20 Å². The number of nitrogens with two attached hydrogens (primary N) is 1. The first-order chi connectivity index (χ1) is 7.18. The van der Waals surface area contributed by atoms with Gasteiger partial charge in [0.2, 0.25) is 0 Å². The van der Waals surface area contributed by atoms with Gasteiger partial charge >= 0.3 is 0 Å². The zero-order valence-corrected chi connectivity index (χ0v) is 9.61. The van der Waals surface area contributed by atoms with Crippen molar-refractivity contribution in [3.05, 3.63) is 12.0 Å². The standard InChI is InChI=1S/C11H20N4/c1-9(2)15-10(12)7-13-11(15)8-14-5-3-4-6-14/h7,9H,3-6,8,12H2,1-2H3. The van der Waals surface area contributed by atoms with Crippen molar-refractivity contribution in [1.82, 2.24) is 14.5 Å². The average molecular weight is 208 g/mol. The van der Waals surface area contributed by atoms with Crippen LogP contribution in [0.5, 0.6) is 0 Å². The molecule has 84 valence electrons. The first kappa shape index (κ1) is 10.5. The van der Waals surface area contributed by atoms with E-state index in [-0.39, 0.29) is 0 Å². The third kappa shape index (κ3) is 2.15. The highest BCUT2D eigenvalue weighted by molar-refractivity contribution is 5.28. The molecule has 4 nitrogen and oxygen atoms in total. The number of nitrogens with zero attached hydrogens (tertiary/aromatic N) is 3. The summed E-state index contributed by atoms with van der Waals surface area (Å²) in [5.41, 5.74) is 5.90. The van der Waals surface area contributed by atoms with Crippen molar-refractivity contribution >= 4 is 5.82 Å². The second kappa shape index (κ2) is 4.23. The van der Waals surface area contributed by atoms with Crippen LogP contribution in [0.4, 0.5) is 5.82 Å². The molecule has 0 aromatic carbocycles. The van der Waals surface area contributed by atoms with E-state index in [1.807, 2.05) is 0 Å². The number of rotatable bonds is 3. The zero-order valence-electron chi connectivity index (χ0n) is 9.61. The summed E-state index contributed by atoms with van der Waals surface area (Å²) in [6.45, 7) is 7.63. The molecule has 2 heterocycles. The SMILES string of the molecule is CC(C)n1c(N)cnc1CN1CCCC1. The van der Waals surface area contributed by atoms with E-state index in [9.17, 15) is 0 Å². The Morgan fingerprint density at radius 1 is 1.40 bits per heavy atom. The smallest absolute Gasteiger partial charge is 0.124 e. The largest absolute Gasteiger partial charge is 0.384 e. The molecule has 1 aliphatic heterocycles. The maximum atomic E-state index is 5.90. The van der Waals surface area contributed by atoms with Crippen LogP contribution >= 0.6 is 0 Å². The van der Waals surface area contributed by atoms with Crippen LogP contribution in [-0.4, -0.2) is 27.5 Å². The van der Waals surface area contributed by atoms with E-state index >= 15 is 0 Å². The van der Waals surface area contributed by atoms with Gasteiger partial charge in [-0.15, -0.1) is 0 Å². The number of imidazole rings is 1. The van der Waals surface area contributed by atoms with Gasteiger partial charge in [-0.3, -0.25) is 4.90 Å². The minimum absolute atomic E-state index is 0.394. The number of aromatic nitrogens is 2. The third-order valence-electron chi connectivity index (χ3n) is 2.98. The van der Waals surface area contributed by atoms with Crippen LogP contribution in [0.25, 0.3) is 0 Å². The Bertz CT molecular complexity index is 323. The number of likely N-dealkylation sites (tertiary alicyclic amines) is 1. The van der Waals surface area contributed by atoms with Gasteiger partial charge in [0.05, 0.1) is 12.7 Å². The lowest BCUT2D eigenvalue weighted by atomic mass is 10.3. The van der Waals surface area contributed by atoms with Crippen LogP contribution in [0, 0.1) is 0 Å². The minimum Gasteiger partial charge on any atom is -0.384 e. The van der Waals surface area contributed by atoms with E-state index in [0.717, 1.165) is 18.2 Å². The van der Waals surface area contributed by atoms with Crippen molar-refractivity contribution in [2.24, 2.45) is 0 Å². The lowest BCUT2D eigenvalue weighted by molar-refractivity contribution is 0.314. The molecule has 0 atom stereocenters. The third-order valence-corrected chi connectivity index (χ3v) is 2.98. The van der Waals surface area contributed by atoms with E-state index in [1.165, 1.54) is 25.9 Å². The van der Waals surface area contributed by atoms with Gasteiger partial charge in [0.15, 0.2) is 0 Å². The van der Waals surface area contributed by atoms with Crippen LogP contribution in [0.1, 0.15) is 38.6 Å². The fraction of sp³-hybridized carbons (Fsp3) is 0.727. The Morgan fingerprint density at radius 2 is 2.07 bits per heavy atom. The Kier molecular flexibility index (Phi) is 2.95. The van der Waals surface area contributed by atoms with Crippen LogP contribution in [0.3, 0.4) is 0 Å². The summed E-state index contributed by atoms with van der Waals surface area (Å²) in [6, 6.07) is 0.394. The molecule has 4 heteroatoms. The maximum Gasteiger partial charge on any atom is 0.124 e. The number of anilines is 1. The van der Waals surface area contributed by atoms with Crippen LogP contribution < -0.4 is 5.73 Å². The van der Waals surface area contributed by atoms with E-state index in [2.05, 4.69) is 28.3 Å². The van der Waals surface area contributed by atoms with Crippen molar-refractivity contribution in [2.45, 2.75) is 39.3 Å². The highest BCUT2D eigenvalue weighted by atomic mass is 15.2. The average Bonchev–Trinajstić information content (AvgIpc) is 2.76. The predicted octanol–water partition coefficient (Wildman–Crippen LogP) is 1.64. The first-order valence-corrected chi connectivity index (χ1v) is 5.72. The molecule has 0 bridgehead atoms. The molecule has 0 aliphatic carbocycles. The number of nitrogen functional groups attached to an aromatic ring is 1. The molecule has 1 aromatic heterocycles. The van der Waals surface area contributed by atoms with Gasteiger partial charge < -0.3 is 10.3 Å². The molecule has 0 spiro atoms. The summed E-state index contributed by atoms with van der Waals surface area (Å²) in [7, 11) is 0. The van der Waals surface area contributed by atoms with Crippen molar-refractivity contribution in [3.63, 3.8) is 0 Å². The molecular weight excluding hydrogens is 188 g/mol. The lowest BCUT2D eigenvalue weighted by Gasteiger charge is -2.18. The number of hydrogen-bond acceptors (Lipinski definition) is 3. The monoisotopic (exact) mass is 208 g/mol. The Hall–Kier alpha value is -1.03. The van der Waals surface area contributed by atoms with Crippen molar-refractivity contribution in [3.8, 4) is 0 Å². The molecule has 1 aliphatic rings. The Morgan fingerprint density at radius 3 is 2.67 bits per heavy atom. The molecule has 0 amide bonds. The summed E-state index contributed by atoms with van der Waals surface area (Å²) in [6.07, 6.45) is 4.40. The van der Waals surface area contributed by atoms with E-state index in [0.29, 0.717) is 6.04 Å². The molecule has 1 saturated heterocycles. The van der Waals surface area contributed by atoms with Crippen LogP contribution in [-0.2, 0) is 6.54 Å². The summed E-state index contributed by atoms with van der Waals surface area (Å²) in [4.78, 5) is 6.84. The minimum atomic E-state index is 0.394. The lowest BCUT2D eigenvalue weighted by Crippen LogP contribution is -2.22. The van der Waals surface area contributed by atoms with Crippen molar-refractivity contribution in [2.75, 3.05) is 18.8 Å². The second-order valence-electron chi connectivity index (χ2n) is 4.55. The summed E-state index contributed by atoms with van der Waals surface area (Å²) in [5, 5.41) is 0. The van der Waals surface area contributed by atoms with Gasteiger partial charge in [-0.2, -0.15) is 0 Å². The van der Waals surface area contributed by atoms with Crippen LogP contribution in [0.2, 0.25) is 0 Å². The molecule has 2 N–H and O–H groups in total. The molecule has 1 fully saturated rings. The molecule has 1 aromatic rings. The molecular formula is C11H20N4. The maximum absolute atomic E-state index is 5.90. The van der Waals surface area contributed by atoms with Gasteiger partial charge in [0.25, 0.3) is 0 Å². The highest BCUT2D eigenvalue weighted by Gasteiger charge is 2.16. The fourth-order valence-electron chi connectivity index (χ4n) is 2.27. The molecule has 15 heavy (non-hydrogen) atoms. The molecule has 0 saturated carbocycles. The van der Waals surface area contributed by atoms with Crippen molar-refractivity contribution in [1.29, 1.82) is 0 Å². The normalized spacial score (nSPS) is 17.8. The second-order valence-corrected chi connectivity index (χ2v) is 4.55. The van der Waals surface area contributed by atoms with E-state index in [4.69, 9.17) is 5.73 Å². The zero-order chi connectivity index (χ0) is 10.8. The summed E-state index contributed by atoms with van der Waals surface area (Å²) >= 11 is 0. The fourth-order valence-corrected chi connectivity index (χ4v) is 2.27. The van der Waals surface area contributed by atoms with Gasteiger partial charge in [0, 0.05) is 6.04 Å². The molecule has 2 rings (SSSR count).